The van der Waals surface area contributed by atoms with E-state index < -0.39 is 0 Å². The Balaban J connectivity index is 2.57. The van der Waals surface area contributed by atoms with Crippen molar-refractivity contribution in [2.75, 3.05) is 25.2 Å². The predicted octanol–water partition coefficient (Wildman–Crippen LogP) is 2.29. The molecule has 0 fully saturated rings. The molecule has 1 rings (SSSR count). The molecule has 0 atom stereocenters. The second kappa shape index (κ2) is 7.41. The lowest BCUT2D eigenvalue weighted by molar-refractivity contribution is 0.313. The number of hydrogen-bond donors (Lipinski definition) is 1. The third kappa shape index (κ3) is 3.94. The van der Waals surface area contributed by atoms with Crippen molar-refractivity contribution in [3.63, 3.8) is 0 Å². The van der Waals surface area contributed by atoms with Gasteiger partial charge < -0.3 is 15.2 Å². The molecule has 4 heteroatoms. The molecular weight excluding hydrogens is 222 g/mol. The maximum absolute atomic E-state index is 5.64. The second-order valence-corrected chi connectivity index (χ2v) is 4.63. The van der Waals surface area contributed by atoms with E-state index in [-0.39, 0.29) is 0 Å². The fourth-order valence-corrected chi connectivity index (χ4v) is 1.80. The van der Waals surface area contributed by atoms with E-state index >= 15 is 0 Å². The molecule has 0 heterocycles. The van der Waals surface area contributed by atoms with Crippen molar-refractivity contribution in [3.8, 4) is 11.5 Å². The summed E-state index contributed by atoms with van der Waals surface area (Å²) in [6.07, 6.45) is 0. The molecule has 1 aromatic carbocycles. The van der Waals surface area contributed by atoms with Crippen LogP contribution in [0.3, 0.4) is 0 Å². The summed E-state index contributed by atoms with van der Waals surface area (Å²) >= 11 is 1.86. The number of methoxy groups -OCH3 is 1. The SMILES string of the molecule is CCSCCOc1ccc(CN)cc1OC. The zero-order chi connectivity index (χ0) is 11.8. The van der Waals surface area contributed by atoms with E-state index in [2.05, 4.69) is 6.92 Å². The van der Waals surface area contributed by atoms with Crippen molar-refractivity contribution < 1.29 is 9.47 Å². The lowest BCUT2D eigenvalue weighted by atomic mass is 10.2. The molecule has 2 N–H and O–H groups in total. The van der Waals surface area contributed by atoms with Gasteiger partial charge in [-0.1, -0.05) is 13.0 Å². The first kappa shape index (κ1) is 13.2. The van der Waals surface area contributed by atoms with Crippen LogP contribution in [0, 0.1) is 0 Å². The Morgan fingerprint density at radius 1 is 1.31 bits per heavy atom. The zero-order valence-corrected chi connectivity index (χ0v) is 10.7. The fraction of sp³-hybridized carbons (Fsp3) is 0.500. The van der Waals surface area contributed by atoms with Crippen LogP contribution < -0.4 is 15.2 Å². The average molecular weight is 241 g/mol. The maximum Gasteiger partial charge on any atom is 0.161 e. The molecule has 0 bridgehead atoms. The Bertz CT molecular complexity index is 318. The Morgan fingerprint density at radius 3 is 2.75 bits per heavy atom. The molecule has 0 saturated heterocycles. The molecule has 0 aliphatic carbocycles. The summed E-state index contributed by atoms with van der Waals surface area (Å²) in [7, 11) is 1.64. The van der Waals surface area contributed by atoms with Crippen LogP contribution in [0.4, 0.5) is 0 Å². The molecule has 0 saturated carbocycles. The van der Waals surface area contributed by atoms with Crippen molar-refractivity contribution in [1.82, 2.24) is 0 Å². The van der Waals surface area contributed by atoms with Crippen molar-refractivity contribution in [2.24, 2.45) is 5.73 Å². The predicted molar refractivity (Wildman–Crippen MR) is 69.4 cm³/mol. The molecule has 0 spiro atoms. The highest BCUT2D eigenvalue weighted by Crippen LogP contribution is 2.27. The van der Waals surface area contributed by atoms with Gasteiger partial charge in [-0.25, -0.2) is 0 Å². The Kier molecular flexibility index (Phi) is 6.11. The third-order valence-corrected chi connectivity index (χ3v) is 3.02. The summed E-state index contributed by atoms with van der Waals surface area (Å²) in [5, 5.41) is 0. The summed E-state index contributed by atoms with van der Waals surface area (Å²) in [4.78, 5) is 0. The van der Waals surface area contributed by atoms with Gasteiger partial charge in [-0.3, -0.25) is 0 Å². The summed E-state index contributed by atoms with van der Waals surface area (Å²) in [5.74, 6) is 3.66. The molecule has 0 unspecified atom stereocenters. The van der Waals surface area contributed by atoms with Crippen LogP contribution in [0.15, 0.2) is 18.2 Å². The van der Waals surface area contributed by atoms with Gasteiger partial charge in [-0.2, -0.15) is 11.8 Å². The topological polar surface area (TPSA) is 44.5 Å². The van der Waals surface area contributed by atoms with E-state index in [1.807, 2.05) is 30.0 Å². The summed E-state index contributed by atoms with van der Waals surface area (Å²) in [5.41, 5.74) is 6.61. The van der Waals surface area contributed by atoms with Crippen LogP contribution in [0.2, 0.25) is 0 Å². The van der Waals surface area contributed by atoms with Gasteiger partial charge in [0.25, 0.3) is 0 Å². The minimum atomic E-state index is 0.516. The first-order valence-corrected chi connectivity index (χ1v) is 6.54. The molecular formula is C12H19NO2S. The lowest BCUT2D eigenvalue weighted by Crippen LogP contribution is -2.03. The van der Waals surface area contributed by atoms with Crippen molar-refractivity contribution in [1.29, 1.82) is 0 Å². The van der Waals surface area contributed by atoms with Gasteiger partial charge in [0.2, 0.25) is 0 Å². The van der Waals surface area contributed by atoms with E-state index in [1.54, 1.807) is 7.11 Å². The van der Waals surface area contributed by atoms with E-state index in [0.717, 1.165) is 28.6 Å². The highest BCUT2D eigenvalue weighted by Gasteiger charge is 2.04. The Labute approximate surface area is 101 Å². The minimum Gasteiger partial charge on any atom is -0.493 e. The lowest BCUT2D eigenvalue weighted by Gasteiger charge is -2.11. The number of benzene rings is 1. The second-order valence-electron chi connectivity index (χ2n) is 3.23. The van der Waals surface area contributed by atoms with Gasteiger partial charge in [0.15, 0.2) is 11.5 Å². The van der Waals surface area contributed by atoms with Crippen molar-refractivity contribution in [2.45, 2.75) is 13.5 Å². The zero-order valence-electron chi connectivity index (χ0n) is 9.86. The molecule has 0 aromatic heterocycles. The quantitative estimate of drug-likeness (QED) is 0.744. The van der Waals surface area contributed by atoms with Crippen LogP contribution >= 0.6 is 11.8 Å². The van der Waals surface area contributed by atoms with Gasteiger partial charge in [-0.05, 0) is 23.4 Å². The first-order valence-electron chi connectivity index (χ1n) is 5.39. The van der Waals surface area contributed by atoms with Crippen LogP contribution in [-0.2, 0) is 6.54 Å². The monoisotopic (exact) mass is 241 g/mol. The number of nitrogens with two attached hydrogens (primary N) is 1. The molecule has 0 aliphatic heterocycles. The van der Waals surface area contributed by atoms with Crippen LogP contribution in [0.1, 0.15) is 12.5 Å². The highest BCUT2D eigenvalue weighted by molar-refractivity contribution is 7.99. The Morgan fingerprint density at radius 2 is 2.12 bits per heavy atom. The van der Waals surface area contributed by atoms with Gasteiger partial charge in [0.05, 0.1) is 13.7 Å². The van der Waals surface area contributed by atoms with Crippen LogP contribution in [0.25, 0.3) is 0 Å². The first-order chi connectivity index (χ1) is 7.81. The number of rotatable bonds is 7. The smallest absolute Gasteiger partial charge is 0.161 e. The molecule has 0 aliphatic rings. The van der Waals surface area contributed by atoms with E-state index in [0.29, 0.717) is 13.2 Å². The molecule has 1 aromatic rings. The van der Waals surface area contributed by atoms with E-state index in [1.165, 1.54) is 0 Å². The highest BCUT2D eigenvalue weighted by atomic mass is 32.2. The maximum atomic E-state index is 5.64. The number of ether oxygens (including phenoxy) is 2. The standard InChI is InChI=1S/C12H19NO2S/c1-3-16-7-6-15-11-5-4-10(9-13)8-12(11)14-2/h4-5,8H,3,6-7,9,13H2,1-2H3. The van der Waals surface area contributed by atoms with Crippen LogP contribution in [0.5, 0.6) is 11.5 Å². The van der Waals surface area contributed by atoms with Crippen molar-refractivity contribution >= 4 is 11.8 Å². The van der Waals surface area contributed by atoms with Gasteiger partial charge in [0, 0.05) is 12.3 Å². The summed E-state index contributed by atoms with van der Waals surface area (Å²) in [6.45, 7) is 3.36. The minimum absolute atomic E-state index is 0.516. The molecule has 90 valence electrons. The van der Waals surface area contributed by atoms with Gasteiger partial charge in [-0.15, -0.1) is 0 Å². The number of thioether (sulfide) groups is 1. The fourth-order valence-electron chi connectivity index (χ4n) is 1.31. The summed E-state index contributed by atoms with van der Waals surface area (Å²) in [6, 6.07) is 5.80. The average Bonchev–Trinajstić information content (AvgIpc) is 2.34. The van der Waals surface area contributed by atoms with Gasteiger partial charge in [0.1, 0.15) is 0 Å². The third-order valence-electron chi connectivity index (χ3n) is 2.15. The molecule has 3 nitrogen and oxygen atoms in total. The molecule has 16 heavy (non-hydrogen) atoms. The summed E-state index contributed by atoms with van der Waals surface area (Å²) < 4.78 is 10.9. The molecule has 0 amide bonds. The van der Waals surface area contributed by atoms with Gasteiger partial charge >= 0.3 is 0 Å². The van der Waals surface area contributed by atoms with E-state index in [4.69, 9.17) is 15.2 Å². The van der Waals surface area contributed by atoms with Crippen LogP contribution in [-0.4, -0.2) is 25.2 Å². The number of hydrogen-bond acceptors (Lipinski definition) is 4. The van der Waals surface area contributed by atoms with E-state index in [9.17, 15) is 0 Å². The van der Waals surface area contributed by atoms with Crippen molar-refractivity contribution in [3.05, 3.63) is 23.8 Å². The normalized spacial score (nSPS) is 10.2. The molecule has 0 radical (unpaired) electrons. The Hall–Kier alpha value is -0.870. The largest absolute Gasteiger partial charge is 0.493 e.